The summed E-state index contributed by atoms with van der Waals surface area (Å²) < 4.78 is 5.06. The Balaban J connectivity index is 1.89. The van der Waals surface area contributed by atoms with Crippen LogP contribution in [0.1, 0.15) is 10.4 Å². The summed E-state index contributed by atoms with van der Waals surface area (Å²) in [4.78, 5) is 29.6. The zero-order valence-corrected chi connectivity index (χ0v) is 11.4. The third-order valence-corrected chi connectivity index (χ3v) is 3.12. The Labute approximate surface area is 117 Å². The third-order valence-electron chi connectivity index (χ3n) is 3.12. The number of nitrogens with zero attached hydrogens (tertiary/aromatic N) is 2. The minimum Gasteiger partial charge on any atom is -0.494 e. The molecule has 0 bridgehead atoms. The summed E-state index contributed by atoms with van der Waals surface area (Å²) in [6.07, 6.45) is 2.97. The summed E-state index contributed by atoms with van der Waals surface area (Å²) in [5.74, 6) is -0.0276. The van der Waals surface area contributed by atoms with E-state index in [0.29, 0.717) is 24.4 Å². The van der Waals surface area contributed by atoms with Crippen LogP contribution in [0.25, 0.3) is 0 Å². The Bertz CT molecular complexity index is 486. The molecule has 7 heteroatoms. The number of pyridine rings is 1. The Morgan fingerprint density at radius 1 is 1.45 bits per heavy atom. The molecule has 0 radical (unpaired) electrons. The van der Waals surface area contributed by atoms with Crippen LogP contribution in [-0.2, 0) is 4.79 Å². The Hall–Kier alpha value is -2.15. The first-order valence-corrected chi connectivity index (χ1v) is 6.47. The van der Waals surface area contributed by atoms with Crippen molar-refractivity contribution in [2.75, 3.05) is 39.8 Å². The Morgan fingerprint density at radius 2 is 2.20 bits per heavy atom. The van der Waals surface area contributed by atoms with Gasteiger partial charge < -0.3 is 20.3 Å². The smallest absolute Gasteiger partial charge is 0.255 e. The third kappa shape index (κ3) is 3.45. The zero-order valence-electron chi connectivity index (χ0n) is 11.4. The molecule has 1 fully saturated rings. The SMILES string of the molecule is COc1cnccc1C(=O)NCC(=O)N1CCNCC1. The van der Waals surface area contributed by atoms with Gasteiger partial charge in [-0.25, -0.2) is 0 Å². The lowest BCUT2D eigenvalue weighted by molar-refractivity contribution is -0.130. The standard InChI is InChI=1S/C13H18N4O3/c1-20-11-8-15-3-2-10(11)13(19)16-9-12(18)17-6-4-14-5-7-17/h2-3,8,14H,4-7,9H2,1H3,(H,16,19). The van der Waals surface area contributed by atoms with Gasteiger partial charge in [0.25, 0.3) is 5.91 Å². The van der Waals surface area contributed by atoms with Crippen molar-refractivity contribution in [2.24, 2.45) is 0 Å². The van der Waals surface area contributed by atoms with Crippen molar-refractivity contribution in [3.05, 3.63) is 24.0 Å². The van der Waals surface area contributed by atoms with Gasteiger partial charge in [-0.3, -0.25) is 14.6 Å². The van der Waals surface area contributed by atoms with Gasteiger partial charge in [-0.1, -0.05) is 0 Å². The molecular formula is C13H18N4O3. The molecular weight excluding hydrogens is 260 g/mol. The minimum atomic E-state index is -0.340. The van der Waals surface area contributed by atoms with Crippen LogP contribution >= 0.6 is 0 Å². The van der Waals surface area contributed by atoms with Gasteiger partial charge in [0, 0.05) is 32.4 Å². The molecule has 0 spiro atoms. The van der Waals surface area contributed by atoms with Crippen molar-refractivity contribution in [3.63, 3.8) is 0 Å². The second-order valence-electron chi connectivity index (χ2n) is 4.39. The van der Waals surface area contributed by atoms with E-state index in [-0.39, 0.29) is 18.4 Å². The summed E-state index contributed by atoms with van der Waals surface area (Å²) >= 11 is 0. The zero-order chi connectivity index (χ0) is 14.4. The van der Waals surface area contributed by atoms with Gasteiger partial charge in [0.05, 0.1) is 25.4 Å². The van der Waals surface area contributed by atoms with Crippen LogP contribution in [0.3, 0.4) is 0 Å². The fourth-order valence-corrected chi connectivity index (χ4v) is 2.01. The summed E-state index contributed by atoms with van der Waals surface area (Å²) in [7, 11) is 1.47. The average Bonchev–Trinajstić information content (AvgIpc) is 2.53. The number of piperazine rings is 1. The van der Waals surface area contributed by atoms with E-state index in [9.17, 15) is 9.59 Å². The van der Waals surface area contributed by atoms with E-state index in [2.05, 4.69) is 15.6 Å². The Morgan fingerprint density at radius 3 is 2.90 bits per heavy atom. The number of aromatic nitrogens is 1. The van der Waals surface area contributed by atoms with Gasteiger partial charge in [0.15, 0.2) is 0 Å². The maximum absolute atomic E-state index is 12.0. The van der Waals surface area contributed by atoms with Crippen LogP contribution in [0.4, 0.5) is 0 Å². The second-order valence-corrected chi connectivity index (χ2v) is 4.39. The number of carbonyl (C=O) groups excluding carboxylic acids is 2. The van der Waals surface area contributed by atoms with Gasteiger partial charge in [0.2, 0.25) is 5.91 Å². The molecule has 2 amide bonds. The molecule has 7 nitrogen and oxygen atoms in total. The van der Waals surface area contributed by atoms with Gasteiger partial charge in [-0.05, 0) is 6.07 Å². The van der Waals surface area contributed by atoms with E-state index in [1.165, 1.54) is 19.5 Å². The first kappa shape index (κ1) is 14.3. The number of carbonyl (C=O) groups is 2. The molecule has 1 saturated heterocycles. The van der Waals surface area contributed by atoms with Gasteiger partial charge in [0.1, 0.15) is 5.75 Å². The number of nitrogens with one attached hydrogen (secondary N) is 2. The molecule has 2 heterocycles. The topological polar surface area (TPSA) is 83.6 Å². The van der Waals surface area contributed by atoms with E-state index in [0.717, 1.165) is 13.1 Å². The number of amides is 2. The maximum atomic E-state index is 12.0. The lowest BCUT2D eigenvalue weighted by atomic mass is 10.2. The highest BCUT2D eigenvalue weighted by atomic mass is 16.5. The highest BCUT2D eigenvalue weighted by Gasteiger charge is 2.18. The fraction of sp³-hybridized carbons (Fsp3) is 0.462. The number of hydrogen-bond donors (Lipinski definition) is 2. The summed E-state index contributed by atoms with van der Waals surface area (Å²) in [6, 6.07) is 1.56. The molecule has 1 aliphatic rings. The van der Waals surface area contributed by atoms with E-state index < -0.39 is 0 Å². The molecule has 1 aliphatic heterocycles. The second kappa shape index (κ2) is 6.85. The van der Waals surface area contributed by atoms with Crippen molar-refractivity contribution in [2.45, 2.75) is 0 Å². The number of rotatable bonds is 4. The average molecular weight is 278 g/mol. The highest BCUT2D eigenvalue weighted by Crippen LogP contribution is 2.14. The number of ether oxygens (including phenoxy) is 1. The Kier molecular flexibility index (Phi) is 4.89. The largest absolute Gasteiger partial charge is 0.494 e. The van der Waals surface area contributed by atoms with Crippen LogP contribution in [0.15, 0.2) is 18.5 Å². The van der Waals surface area contributed by atoms with Crippen LogP contribution in [-0.4, -0.2) is 61.5 Å². The lowest BCUT2D eigenvalue weighted by Crippen LogP contribution is -2.49. The fourth-order valence-electron chi connectivity index (χ4n) is 2.01. The van der Waals surface area contributed by atoms with Crippen molar-refractivity contribution in [1.82, 2.24) is 20.5 Å². The molecule has 0 atom stereocenters. The quantitative estimate of drug-likeness (QED) is 0.757. The maximum Gasteiger partial charge on any atom is 0.255 e. The lowest BCUT2D eigenvalue weighted by Gasteiger charge is -2.27. The van der Waals surface area contributed by atoms with Crippen molar-refractivity contribution in [3.8, 4) is 5.75 Å². The van der Waals surface area contributed by atoms with Gasteiger partial charge in [-0.15, -0.1) is 0 Å². The molecule has 0 unspecified atom stereocenters. The van der Waals surface area contributed by atoms with Crippen molar-refractivity contribution in [1.29, 1.82) is 0 Å². The number of methoxy groups -OCH3 is 1. The highest BCUT2D eigenvalue weighted by molar-refractivity contribution is 5.98. The number of hydrogen-bond acceptors (Lipinski definition) is 5. The van der Waals surface area contributed by atoms with E-state index in [1.807, 2.05) is 0 Å². The minimum absolute atomic E-state index is 0.00961. The molecule has 1 aromatic rings. The van der Waals surface area contributed by atoms with Crippen LogP contribution < -0.4 is 15.4 Å². The molecule has 108 valence electrons. The van der Waals surface area contributed by atoms with E-state index in [1.54, 1.807) is 11.0 Å². The predicted octanol–water partition coefficient (Wildman–Crippen LogP) is -0.748. The van der Waals surface area contributed by atoms with Crippen LogP contribution in [0.2, 0.25) is 0 Å². The van der Waals surface area contributed by atoms with E-state index in [4.69, 9.17) is 4.74 Å². The monoisotopic (exact) mass is 278 g/mol. The summed E-state index contributed by atoms with van der Waals surface area (Å²) in [5.41, 5.74) is 0.371. The first-order valence-electron chi connectivity index (χ1n) is 6.47. The van der Waals surface area contributed by atoms with Gasteiger partial charge >= 0.3 is 0 Å². The van der Waals surface area contributed by atoms with E-state index >= 15 is 0 Å². The van der Waals surface area contributed by atoms with Crippen LogP contribution in [0.5, 0.6) is 5.75 Å². The summed E-state index contributed by atoms with van der Waals surface area (Å²) in [5, 5.41) is 5.78. The van der Waals surface area contributed by atoms with Crippen molar-refractivity contribution >= 4 is 11.8 Å². The molecule has 0 aliphatic carbocycles. The molecule has 2 rings (SSSR count). The molecule has 2 N–H and O–H groups in total. The normalized spacial score (nSPS) is 14.8. The van der Waals surface area contributed by atoms with Gasteiger partial charge in [-0.2, -0.15) is 0 Å². The van der Waals surface area contributed by atoms with Crippen LogP contribution in [0, 0.1) is 0 Å². The van der Waals surface area contributed by atoms with Crippen molar-refractivity contribution < 1.29 is 14.3 Å². The summed E-state index contributed by atoms with van der Waals surface area (Å²) in [6.45, 7) is 2.92. The molecule has 0 saturated carbocycles. The molecule has 1 aromatic heterocycles. The first-order chi connectivity index (χ1) is 9.72. The molecule has 20 heavy (non-hydrogen) atoms. The molecule has 0 aromatic carbocycles. The predicted molar refractivity (Wildman–Crippen MR) is 72.6 cm³/mol.